The van der Waals surface area contributed by atoms with E-state index in [0.29, 0.717) is 23.8 Å². The number of thiophene rings is 1. The monoisotopic (exact) mass is 416 g/mol. The van der Waals surface area contributed by atoms with Gasteiger partial charge in [0.25, 0.3) is 5.91 Å². The Hall–Kier alpha value is -2.71. The number of hydrogen-bond donors (Lipinski definition) is 1. The van der Waals surface area contributed by atoms with Gasteiger partial charge in [0, 0.05) is 30.9 Å². The van der Waals surface area contributed by atoms with Crippen LogP contribution < -0.4 is 10.2 Å². The summed E-state index contributed by atoms with van der Waals surface area (Å²) < 4.78 is 10.5. The van der Waals surface area contributed by atoms with Crippen molar-refractivity contribution in [2.45, 2.75) is 25.9 Å². The number of anilines is 2. The molecule has 1 amide bonds. The molecule has 2 heterocycles. The maximum absolute atomic E-state index is 12.3. The van der Waals surface area contributed by atoms with Crippen molar-refractivity contribution in [3.8, 4) is 0 Å². The van der Waals surface area contributed by atoms with Gasteiger partial charge in [-0.1, -0.05) is 6.07 Å². The number of rotatable bonds is 8. The Morgan fingerprint density at radius 2 is 1.86 bits per heavy atom. The van der Waals surface area contributed by atoms with E-state index >= 15 is 0 Å². The smallest absolute Gasteiger partial charge is 0.307 e. The van der Waals surface area contributed by atoms with Crippen molar-refractivity contribution in [3.05, 3.63) is 46.7 Å². The average molecular weight is 416 g/mol. The number of ketones is 1. The average Bonchev–Trinajstić information content (AvgIpc) is 3.28. The van der Waals surface area contributed by atoms with Crippen LogP contribution in [-0.2, 0) is 19.1 Å². The first-order valence-electron chi connectivity index (χ1n) is 9.53. The van der Waals surface area contributed by atoms with Gasteiger partial charge in [0.1, 0.15) is 0 Å². The van der Waals surface area contributed by atoms with Crippen LogP contribution in [0, 0.1) is 0 Å². The third-order valence-electron chi connectivity index (χ3n) is 4.54. The summed E-state index contributed by atoms with van der Waals surface area (Å²) in [4.78, 5) is 39.0. The van der Waals surface area contributed by atoms with Crippen molar-refractivity contribution in [2.75, 3.05) is 36.5 Å². The molecule has 8 heteroatoms. The van der Waals surface area contributed by atoms with Gasteiger partial charge in [-0.25, -0.2) is 0 Å². The number of carbonyl (C=O) groups is 3. The van der Waals surface area contributed by atoms with Crippen LogP contribution in [0.3, 0.4) is 0 Å². The topological polar surface area (TPSA) is 84.9 Å². The number of nitrogens with zero attached hydrogens (tertiary/aromatic N) is 1. The molecule has 0 saturated carbocycles. The van der Waals surface area contributed by atoms with Crippen LogP contribution in [0.25, 0.3) is 0 Å². The Kier molecular flexibility index (Phi) is 7.37. The molecule has 0 radical (unpaired) electrons. The summed E-state index contributed by atoms with van der Waals surface area (Å²) in [6, 6.07) is 11.0. The fraction of sp³-hybridized carbons (Fsp3) is 0.381. The van der Waals surface area contributed by atoms with Crippen LogP contribution in [0.2, 0.25) is 0 Å². The Morgan fingerprint density at radius 1 is 1.14 bits per heavy atom. The van der Waals surface area contributed by atoms with E-state index in [9.17, 15) is 14.4 Å². The molecule has 0 bridgehead atoms. The number of Topliss-reactive ketones (excluding diaryl/α,β-unsaturated/α-hetero) is 1. The minimum Gasteiger partial charge on any atom is -0.453 e. The first-order valence-corrected chi connectivity index (χ1v) is 10.4. The highest BCUT2D eigenvalue weighted by atomic mass is 32.1. The molecule has 29 heavy (non-hydrogen) atoms. The van der Waals surface area contributed by atoms with Crippen LogP contribution in [0.5, 0.6) is 0 Å². The molecule has 1 aliphatic rings. The van der Waals surface area contributed by atoms with Crippen molar-refractivity contribution in [3.63, 3.8) is 0 Å². The van der Waals surface area contributed by atoms with Gasteiger partial charge in [-0.3, -0.25) is 14.4 Å². The zero-order valence-electron chi connectivity index (χ0n) is 16.3. The first kappa shape index (κ1) is 21.0. The summed E-state index contributed by atoms with van der Waals surface area (Å²) in [5, 5.41) is 4.55. The maximum Gasteiger partial charge on any atom is 0.307 e. The lowest BCUT2D eigenvalue weighted by Gasteiger charge is -2.28. The van der Waals surface area contributed by atoms with Crippen LogP contribution in [-0.4, -0.2) is 50.1 Å². The Bertz CT molecular complexity index is 829. The van der Waals surface area contributed by atoms with E-state index in [-0.39, 0.29) is 18.6 Å². The van der Waals surface area contributed by atoms with Gasteiger partial charge >= 0.3 is 5.97 Å². The fourth-order valence-corrected chi connectivity index (χ4v) is 3.60. The van der Waals surface area contributed by atoms with Crippen molar-refractivity contribution >= 4 is 40.4 Å². The van der Waals surface area contributed by atoms with E-state index in [0.717, 1.165) is 18.8 Å². The second-order valence-corrected chi connectivity index (χ2v) is 7.62. The Labute approximate surface area is 173 Å². The number of hydrogen-bond acceptors (Lipinski definition) is 7. The van der Waals surface area contributed by atoms with E-state index in [1.54, 1.807) is 12.1 Å². The molecule has 1 N–H and O–H groups in total. The molecule has 1 aromatic carbocycles. The van der Waals surface area contributed by atoms with Gasteiger partial charge in [0.2, 0.25) is 0 Å². The van der Waals surface area contributed by atoms with Gasteiger partial charge < -0.3 is 19.7 Å². The summed E-state index contributed by atoms with van der Waals surface area (Å²) in [7, 11) is 0. The number of esters is 1. The molecule has 1 saturated heterocycles. The van der Waals surface area contributed by atoms with Crippen molar-refractivity contribution in [1.82, 2.24) is 0 Å². The SMILES string of the molecule is C[C@@H](OC(=O)CCC(=O)c1cccs1)C(=O)Nc1ccc(N2CCOCC2)cc1. The van der Waals surface area contributed by atoms with Crippen molar-refractivity contribution in [2.24, 2.45) is 0 Å². The summed E-state index contributed by atoms with van der Waals surface area (Å²) in [6.07, 6.45) is -0.933. The molecule has 7 nitrogen and oxygen atoms in total. The van der Waals surface area contributed by atoms with Crippen LogP contribution in [0.1, 0.15) is 29.4 Å². The number of nitrogens with one attached hydrogen (secondary N) is 1. The van der Waals surface area contributed by atoms with E-state index < -0.39 is 18.0 Å². The molecule has 1 aliphatic heterocycles. The molecule has 0 aliphatic carbocycles. The molecule has 3 rings (SSSR count). The lowest BCUT2D eigenvalue weighted by Crippen LogP contribution is -2.36. The fourth-order valence-electron chi connectivity index (χ4n) is 2.91. The number of amides is 1. The predicted octanol–water partition coefficient (Wildman–Crippen LogP) is 3.12. The zero-order chi connectivity index (χ0) is 20.6. The molecular formula is C21H24N2O5S. The summed E-state index contributed by atoms with van der Waals surface area (Å²) in [5.41, 5.74) is 1.70. The number of benzene rings is 1. The van der Waals surface area contributed by atoms with Crippen LogP contribution >= 0.6 is 11.3 Å². The lowest BCUT2D eigenvalue weighted by molar-refractivity contribution is -0.153. The second kappa shape index (κ2) is 10.2. The van der Waals surface area contributed by atoms with Crippen LogP contribution in [0.15, 0.2) is 41.8 Å². The predicted molar refractivity (Wildman–Crippen MR) is 112 cm³/mol. The Morgan fingerprint density at radius 3 is 2.52 bits per heavy atom. The number of morpholine rings is 1. The molecule has 0 unspecified atom stereocenters. The quantitative estimate of drug-likeness (QED) is 0.526. The van der Waals surface area contributed by atoms with Gasteiger partial charge in [0.15, 0.2) is 11.9 Å². The lowest BCUT2D eigenvalue weighted by atomic mass is 10.2. The van der Waals surface area contributed by atoms with Crippen LogP contribution in [0.4, 0.5) is 11.4 Å². The zero-order valence-corrected chi connectivity index (χ0v) is 17.1. The summed E-state index contributed by atoms with van der Waals surface area (Å²) in [5.74, 6) is -1.09. The first-order chi connectivity index (χ1) is 14.0. The Balaban J connectivity index is 1.43. The van der Waals surface area contributed by atoms with Crippen molar-refractivity contribution in [1.29, 1.82) is 0 Å². The molecule has 1 atom stereocenters. The molecule has 2 aromatic rings. The number of ether oxygens (including phenoxy) is 2. The van der Waals surface area contributed by atoms with Gasteiger partial charge in [-0.15, -0.1) is 11.3 Å². The molecule has 1 fully saturated rings. The van der Waals surface area contributed by atoms with Gasteiger partial charge in [0.05, 0.1) is 24.5 Å². The molecule has 154 valence electrons. The van der Waals surface area contributed by atoms with E-state index in [1.165, 1.54) is 18.3 Å². The summed E-state index contributed by atoms with van der Waals surface area (Å²) in [6.45, 7) is 4.61. The van der Waals surface area contributed by atoms with Gasteiger partial charge in [-0.2, -0.15) is 0 Å². The molecule has 1 aromatic heterocycles. The minimum absolute atomic E-state index is 0.0530. The largest absolute Gasteiger partial charge is 0.453 e. The van der Waals surface area contributed by atoms with E-state index in [4.69, 9.17) is 9.47 Å². The highest BCUT2D eigenvalue weighted by molar-refractivity contribution is 7.12. The normalized spacial score (nSPS) is 14.9. The van der Waals surface area contributed by atoms with E-state index in [1.807, 2.05) is 29.6 Å². The highest BCUT2D eigenvalue weighted by Crippen LogP contribution is 2.19. The third-order valence-corrected chi connectivity index (χ3v) is 5.45. The number of carbonyl (C=O) groups excluding carboxylic acids is 3. The maximum atomic E-state index is 12.3. The standard InChI is InChI=1S/C21H24N2O5S/c1-15(28-20(25)9-8-18(24)19-3-2-14-29-19)21(26)22-16-4-6-17(7-5-16)23-10-12-27-13-11-23/h2-7,14-15H,8-13H2,1H3,(H,22,26)/t15-/m1/s1. The highest BCUT2D eigenvalue weighted by Gasteiger charge is 2.19. The van der Waals surface area contributed by atoms with Gasteiger partial charge in [-0.05, 0) is 42.6 Å². The minimum atomic E-state index is -0.946. The molecule has 0 spiro atoms. The molecular weight excluding hydrogens is 392 g/mol. The van der Waals surface area contributed by atoms with Crippen molar-refractivity contribution < 1.29 is 23.9 Å². The third kappa shape index (κ3) is 6.13. The second-order valence-electron chi connectivity index (χ2n) is 6.67. The summed E-state index contributed by atoms with van der Waals surface area (Å²) >= 11 is 1.34. The van der Waals surface area contributed by atoms with E-state index in [2.05, 4.69) is 10.2 Å².